The molecule has 0 bridgehead atoms. The summed E-state index contributed by atoms with van der Waals surface area (Å²) in [7, 11) is 0. The highest BCUT2D eigenvalue weighted by atomic mass is 35.5. The zero-order valence-corrected chi connectivity index (χ0v) is 14.8. The number of hydrogen-bond donors (Lipinski definition) is 1. The highest BCUT2D eigenvalue weighted by Crippen LogP contribution is 2.20. The van der Waals surface area contributed by atoms with Crippen LogP contribution in [0.25, 0.3) is 0 Å². The number of halogens is 2. The van der Waals surface area contributed by atoms with Gasteiger partial charge in [0.2, 0.25) is 5.91 Å². The molecule has 24 heavy (non-hydrogen) atoms. The van der Waals surface area contributed by atoms with Crippen LogP contribution < -0.4 is 5.32 Å². The van der Waals surface area contributed by atoms with Crippen LogP contribution >= 0.6 is 11.6 Å². The third kappa shape index (κ3) is 4.45. The molecular formula is C17H23ClFN3O2. The van der Waals surface area contributed by atoms with E-state index in [-0.39, 0.29) is 22.9 Å². The molecule has 1 N–H and O–H groups in total. The third-order valence-corrected chi connectivity index (χ3v) is 4.55. The van der Waals surface area contributed by atoms with Crippen molar-refractivity contribution in [2.45, 2.75) is 26.3 Å². The highest BCUT2D eigenvalue weighted by Gasteiger charge is 2.28. The van der Waals surface area contributed by atoms with E-state index in [2.05, 4.69) is 10.2 Å². The van der Waals surface area contributed by atoms with Gasteiger partial charge in [-0.2, -0.15) is 0 Å². The molecule has 1 atom stereocenters. The molecule has 0 aliphatic carbocycles. The molecule has 0 radical (unpaired) electrons. The lowest BCUT2D eigenvalue weighted by Crippen LogP contribution is -2.55. The topological polar surface area (TPSA) is 52.7 Å². The smallest absolute Gasteiger partial charge is 0.255 e. The van der Waals surface area contributed by atoms with Crippen molar-refractivity contribution >= 4 is 23.4 Å². The molecule has 1 aromatic rings. The molecule has 1 unspecified atom stereocenters. The first-order chi connectivity index (χ1) is 11.4. The molecule has 5 nitrogen and oxygen atoms in total. The number of nitrogens with zero attached hydrogens (tertiary/aromatic N) is 2. The lowest BCUT2D eigenvalue weighted by molar-refractivity contribution is -0.126. The van der Waals surface area contributed by atoms with Crippen LogP contribution in [-0.4, -0.2) is 60.4 Å². The summed E-state index contributed by atoms with van der Waals surface area (Å²) >= 11 is 5.96. The number of piperazine rings is 1. The van der Waals surface area contributed by atoms with Crippen LogP contribution in [0.2, 0.25) is 5.02 Å². The lowest BCUT2D eigenvalue weighted by atomic mass is 10.1. The average molecular weight is 356 g/mol. The minimum absolute atomic E-state index is 0.0122. The molecule has 1 saturated heterocycles. The van der Waals surface area contributed by atoms with Gasteiger partial charge in [0, 0.05) is 32.7 Å². The summed E-state index contributed by atoms with van der Waals surface area (Å²) < 4.78 is 13.1. The molecule has 0 aromatic heterocycles. The molecule has 1 aromatic carbocycles. The fraction of sp³-hybridized carbons (Fsp3) is 0.529. The van der Waals surface area contributed by atoms with Crippen LogP contribution in [0.5, 0.6) is 0 Å². The Morgan fingerprint density at radius 3 is 2.54 bits per heavy atom. The third-order valence-electron chi connectivity index (χ3n) is 4.24. The molecule has 1 fully saturated rings. The number of hydrogen-bond acceptors (Lipinski definition) is 3. The van der Waals surface area contributed by atoms with Crippen molar-refractivity contribution in [2.75, 3.05) is 32.7 Å². The number of carbonyl (C=O) groups excluding carboxylic acids is 2. The second kappa shape index (κ2) is 8.44. The van der Waals surface area contributed by atoms with Gasteiger partial charge in [-0.3, -0.25) is 14.5 Å². The van der Waals surface area contributed by atoms with E-state index in [0.717, 1.165) is 12.5 Å². The molecular weight excluding hydrogens is 333 g/mol. The van der Waals surface area contributed by atoms with Crippen LogP contribution in [0.3, 0.4) is 0 Å². The Kier molecular flexibility index (Phi) is 6.57. The second-order valence-corrected chi connectivity index (χ2v) is 6.33. The predicted molar refractivity (Wildman–Crippen MR) is 91.6 cm³/mol. The van der Waals surface area contributed by atoms with E-state index in [9.17, 15) is 14.0 Å². The summed E-state index contributed by atoms with van der Waals surface area (Å²) in [6.45, 7) is 6.81. The van der Waals surface area contributed by atoms with Gasteiger partial charge in [-0.1, -0.05) is 18.5 Å². The Hall–Kier alpha value is -1.66. The van der Waals surface area contributed by atoms with Crippen LogP contribution in [0.4, 0.5) is 4.39 Å². The van der Waals surface area contributed by atoms with Gasteiger partial charge in [0.25, 0.3) is 5.91 Å². The minimum atomic E-state index is -0.465. The normalized spacial score (nSPS) is 16.8. The monoisotopic (exact) mass is 355 g/mol. The van der Waals surface area contributed by atoms with E-state index in [0.29, 0.717) is 38.3 Å². The number of carbonyl (C=O) groups is 2. The Balaban J connectivity index is 1.92. The summed E-state index contributed by atoms with van der Waals surface area (Å²) in [5, 5.41) is 3.01. The summed E-state index contributed by atoms with van der Waals surface area (Å²) in [6, 6.07) is 3.57. The summed E-state index contributed by atoms with van der Waals surface area (Å²) in [5.74, 6) is -0.658. The Morgan fingerprint density at radius 2 is 1.96 bits per heavy atom. The molecule has 2 rings (SSSR count). The molecule has 0 saturated carbocycles. The van der Waals surface area contributed by atoms with Crippen LogP contribution in [-0.2, 0) is 4.79 Å². The maximum atomic E-state index is 13.1. The van der Waals surface area contributed by atoms with E-state index >= 15 is 0 Å². The van der Waals surface area contributed by atoms with Crippen molar-refractivity contribution in [3.05, 3.63) is 34.6 Å². The fourth-order valence-electron chi connectivity index (χ4n) is 2.71. The first-order valence-electron chi connectivity index (χ1n) is 8.20. The Labute approximate surface area is 146 Å². The summed E-state index contributed by atoms with van der Waals surface area (Å²) in [4.78, 5) is 28.3. The van der Waals surface area contributed by atoms with Crippen molar-refractivity contribution in [3.8, 4) is 0 Å². The van der Waals surface area contributed by atoms with E-state index in [1.54, 1.807) is 4.90 Å². The SMILES string of the molecule is CCCNC(=O)C(C)N1CCN(C(=O)c2ccc(F)cc2Cl)CC1. The van der Waals surface area contributed by atoms with Crippen LogP contribution in [0, 0.1) is 5.82 Å². The molecule has 132 valence electrons. The first kappa shape index (κ1) is 18.7. The fourth-order valence-corrected chi connectivity index (χ4v) is 2.96. The molecule has 0 spiro atoms. The predicted octanol–water partition coefficient (Wildman–Crippen LogP) is 2.15. The van der Waals surface area contributed by atoms with Crippen LogP contribution in [0.15, 0.2) is 18.2 Å². The van der Waals surface area contributed by atoms with Gasteiger partial charge in [-0.05, 0) is 31.5 Å². The van der Waals surface area contributed by atoms with Crippen molar-refractivity contribution in [1.82, 2.24) is 15.1 Å². The summed E-state index contributed by atoms with van der Waals surface area (Å²) in [6.07, 6.45) is 0.902. The maximum Gasteiger partial charge on any atom is 0.255 e. The van der Waals surface area contributed by atoms with Gasteiger partial charge >= 0.3 is 0 Å². The minimum Gasteiger partial charge on any atom is -0.355 e. The number of benzene rings is 1. The van der Waals surface area contributed by atoms with Gasteiger partial charge in [-0.15, -0.1) is 0 Å². The van der Waals surface area contributed by atoms with Gasteiger partial charge in [0.05, 0.1) is 16.6 Å². The van der Waals surface area contributed by atoms with E-state index in [1.807, 2.05) is 13.8 Å². The number of amides is 2. The number of nitrogens with one attached hydrogen (secondary N) is 1. The van der Waals surface area contributed by atoms with Crippen LogP contribution in [0.1, 0.15) is 30.6 Å². The molecule has 1 aliphatic heterocycles. The van der Waals surface area contributed by atoms with Gasteiger partial charge in [0.1, 0.15) is 5.82 Å². The summed E-state index contributed by atoms with van der Waals surface area (Å²) in [5.41, 5.74) is 0.306. The van der Waals surface area contributed by atoms with Gasteiger partial charge in [-0.25, -0.2) is 4.39 Å². The van der Waals surface area contributed by atoms with Gasteiger partial charge < -0.3 is 10.2 Å². The highest BCUT2D eigenvalue weighted by molar-refractivity contribution is 6.33. The van der Waals surface area contributed by atoms with E-state index < -0.39 is 5.82 Å². The molecule has 1 heterocycles. The zero-order valence-electron chi connectivity index (χ0n) is 14.0. The van der Waals surface area contributed by atoms with Crippen molar-refractivity contribution in [3.63, 3.8) is 0 Å². The van der Waals surface area contributed by atoms with Crippen molar-refractivity contribution in [1.29, 1.82) is 0 Å². The average Bonchev–Trinajstić information content (AvgIpc) is 2.58. The Morgan fingerprint density at radius 1 is 1.29 bits per heavy atom. The molecule has 7 heteroatoms. The van der Waals surface area contributed by atoms with E-state index in [1.165, 1.54) is 12.1 Å². The van der Waals surface area contributed by atoms with Crippen molar-refractivity contribution in [2.24, 2.45) is 0 Å². The quantitative estimate of drug-likeness (QED) is 0.880. The lowest BCUT2D eigenvalue weighted by Gasteiger charge is -2.37. The number of rotatable bonds is 5. The maximum absolute atomic E-state index is 13.1. The largest absolute Gasteiger partial charge is 0.355 e. The second-order valence-electron chi connectivity index (χ2n) is 5.92. The zero-order chi connectivity index (χ0) is 17.7. The molecule has 1 aliphatic rings. The standard InChI is InChI=1S/C17H23ClFN3O2/c1-3-6-20-16(23)12(2)21-7-9-22(10-8-21)17(24)14-5-4-13(19)11-15(14)18/h4-5,11-12H,3,6-10H2,1-2H3,(H,20,23). The van der Waals surface area contributed by atoms with E-state index in [4.69, 9.17) is 11.6 Å². The van der Waals surface area contributed by atoms with Gasteiger partial charge in [0.15, 0.2) is 0 Å². The van der Waals surface area contributed by atoms with Crippen molar-refractivity contribution < 1.29 is 14.0 Å². The first-order valence-corrected chi connectivity index (χ1v) is 8.58. The molecule has 2 amide bonds. The Bertz CT molecular complexity index is 603.